The summed E-state index contributed by atoms with van der Waals surface area (Å²) >= 11 is 0. The molecule has 1 N–H and O–H groups in total. The Morgan fingerprint density at radius 3 is 1.59 bits per heavy atom. The highest BCUT2D eigenvalue weighted by Crippen LogP contribution is 2.48. The lowest BCUT2D eigenvalue weighted by Gasteiger charge is -2.47. The molecule has 2 aromatic rings. The van der Waals surface area contributed by atoms with Crippen LogP contribution in [0.5, 0.6) is 0 Å². The first-order chi connectivity index (χ1) is 15.5. The predicted octanol–water partition coefficient (Wildman–Crippen LogP) is 5.27. The van der Waals surface area contributed by atoms with E-state index in [0.29, 0.717) is 4.90 Å². The van der Waals surface area contributed by atoms with Crippen LogP contribution < -0.4 is 10.6 Å². The Labute approximate surface area is 210 Å². The first kappa shape index (κ1) is 29.2. The van der Waals surface area contributed by atoms with E-state index in [1.165, 1.54) is 0 Å². The lowest BCUT2D eigenvalue weighted by atomic mass is 10.2. The molecule has 0 unspecified atom stereocenters. The van der Waals surface area contributed by atoms with Crippen molar-refractivity contribution in [3.8, 4) is 0 Å². The number of hydrogen-bond acceptors (Lipinski definition) is 5. The van der Waals surface area contributed by atoms with E-state index in [9.17, 15) is 8.42 Å². The number of benzene rings is 1. The van der Waals surface area contributed by atoms with Gasteiger partial charge in [-0.05, 0) is 74.4 Å². The van der Waals surface area contributed by atoms with Crippen molar-refractivity contribution in [2.45, 2.75) is 116 Å². The summed E-state index contributed by atoms with van der Waals surface area (Å²) in [4.78, 5) is 0.311. The van der Waals surface area contributed by atoms with Crippen LogP contribution in [0.2, 0.25) is 19.6 Å². The van der Waals surface area contributed by atoms with Gasteiger partial charge in [-0.1, -0.05) is 37.3 Å². The number of aromatic nitrogens is 2. The predicted molar refractivity (Wildman–Crippen MR) is 149 cm³/mol. The van der Waals surface area contributed by atoms with Gasteiger partial charge in [-0.15, -0.1) is 0 Å². The minimum absolute atomic E-state index is 0.276. The number of rotatable bonds is 10. The van der Waals surface area contributed by atoms with E-state index in [1.54, 1.807) is 12.1 Å². The standard InChI is InChI=1S/C25H45N4O2PSSi/c1-17(2)28(18(3)4)32(29(19(5)6)20(7)8)24-23(34(10,11)12)25(27-26-24)33(30,31)22-15-13-21(9)14-16-22/h13-20H,1-12H3,(H,26,27). The van der Waals surface area contributed by atoms with Gasteiger partial charge >= 0.3 is 0 Å². The van der Waals surface area contributed by atoms with Crippen molar-refractivity contribution >= 4 is 36.8 Å². The van der Waals surface area contributed by atoms with Crippen LogP contribution in [-0.4, -0.2) is 60.2 Å². The third kappa shape index (κ3) is 6.01. The van der Waals surface area contributed by atoms with E-state index in [2.05, 4.69) is 89.5 Å². The lowest BCUT2D eigenvalue weighted by Crippen LogP contribution is -2.53. The monoisotopic (exact) mass is 524 g/mol. The second kappa shape index (κ2) is 10.9. The van der Waals surface area contributed by atoms with Crippen LogP contribution in [0.1, 0.15) is 61.0 Å². The molecule has 0 spiro atoms. The molecule has 0 radical (unpaired) electrons. The summed E-state index contributed by atoms with van der Waals surface area (Å²) in [6, 6.07) is 8.25. The van der Waals surface area contributed by atoms with Gasteiger partial charge in [-0.3, -0.25) is 14.4 Å². The van der Waals surface area contributed by atoms with Crippen LogP contribution in [0, 0.1) is 6.92 Å². The molecular weight excluding hydrogens is 479 g/mol. The number of sulfone groups is 1. The number of nitrogens with zero attached hydrogens (tertiary/aromatic N) is 3. The highest BCUT2D eigenvalue weighted by Gasteiger charge is 2.42. The molecule has 0 amide bonds. The highest BCUT2D eigenvalue weighted by molar-refractivity contribution is 7.91. The van der Waals surface area contributed by atoms with Crippen LogP contribution in [0.25, 0.3) is 0 Å². The van der Waals surface area contributed by atoms with E-state index in [-0.39, 0.29) is 29.2 Å². The Kier molecular flexibility index (Phi) is 9.37. The molecule has 9 heteroatoms. The maximum absolute atomic E-state index is 13.9. The summed E-state index contributed by atoms with van der Waals surface area (Å²) in [6.45, 7) is 26.4. The van der Waals surface area contributed by atoms with Crippen molar-refractivity contribution in [3.05, 3.63) is 29.8 Å². The maximum Gasteiger partial charge on any atom is 0.223 e. The van der Waals surface area contributed by atoms with Crippen molar-refractivity contribution in [1.29, 1.82) is 0 Å². The summed E-state index contributed by atoms with van der Waals surface area (Å²) in [5.74, 6) is 0. The van der Waals surface area contributed by atoms with Crippen LogP contribution in [0.15, 0.2) is 34.2 Å². The summed E-state index contributed by atoms with van der Waals surface area (Å²) in [5, 5.41) is 9.08. The average Bonchev–Trinajstić information content (AvgIpc) is 3.12. The van der Waals surface area contributed by atoms with Gasteiger partial charge in [0.2, 0.25) is 9.84 Å². The molecule has 34 heavy (non-hydrogen) atoms. The van der Waals surface area contributed by atoms with Gasteiger partial charge in [-0.25, -0.2) is 8.42 Å². The Bertz CT molecular complexity index is 1020. The van der Waals surface area contributed by atoms with Crippen molar-refractivity contribution in [2.24, 2.45) is 0 Å². The molecule has 2 rings (SSSR count). The number of hydrogen-bond donors (Lipinski definition) is 1. The summed E-state index contributed by atoms with van der Waals surface area (Å²) in [6.07, 6.45) is 0. The minimum Gasteiger partial charge on any atom is -0.266 e. The zero-order valence-electron chi connectivity index (χ0n) is 23.1. The molecule has 1 heterocycles. The summed E-state index contributed by atoms with van der Waals surface area (Å²) in [7, 11) is -6.88. The minimum atomic E-state index is -3.72. The fraction of sp³-hybridized carbons (Fsp3) is 0.640. The molecule has 0 bridgehead atoms. The van der Waals surface area contributed by atoms with Crippen molar-refractivity contribution in [3.63, 3.8) is 0 Å². The quantitative estimate of drug-likeness (QED) is 0.339. The molecule has 1 aromatic carbocycles. The van der Waals surface area contributed by atoms with Gasteiger partial charge < -0.3 is 0 Å². The molecule has 0 atom stereocenters. The van der Waals surface area contributed by atoms with Gasteiger partial charge in [0.1, 0.15) is 5.44 Å². The van der Waals surface area contributed by atoms with Crippen molar-refractivity contribution in [2.75, 3.05) is 0 Å². The number of nitrogens with one attached hydrogen (secondary N) is 1. The summed E-state index contributed by atoms with van der Waals surface area (Å²) in [5.41, 5.74) is 1.96. The third-order valence-electron chi connectivity index (χ3n) is 5.81. The molecular formula is C25H45N4O2PSSi. The smallest absolute Gasteiger partial charge is 0.223 e. The van der Waals surface area contributed by atoms with Crippen LogP contribution in [0.4, 0.5) is 0 Å². The maximum atomic E-state index is 13.9. The molecule has 192 valence electrons. The van der Waals surface area contributed by atoms with Gasteiger partial charge in [0.05, 0.1) is 21.2 Å². The zero-order chi connectivity index (χ0) is 26.2. The first-order valence-electron chi connectivity index (χ1n) is 12.3. The third-order valence-corrected chi connectivity index (χ3v) is 13.3. The first-order valence-corrected chi connectivity index (χ1v) is 18.5. The van der Waals surface area contributed by atoms with Gasteiger partial charge in [0.25, 0.3) is 0 Å². The molecule has 0 aliphatic heterocycles. The number of aromatic amines is 1. The molecule has 1 aromatic heterocycles. The fourth-order valence-corrected chi connectivity index (χ4v) is 12.9. The molecule has 0 aliphatic rings. The normalized spacial score (nSPS) is 13.6. The average molecular weight is 525 g/mol. The van der Waals surface area contributed by atoms with Crippen molar-refractivity contribution in [1.82, 2.24) is 19.5 Å². The Hall–Kier alpha value is -1.05. The lowest BCUT2D eigenvalue weighted by molar-refractivity contribution is 0.260. The van der Waals surface area contributed by atoms with E-state index < -0.39 is 26.1 Å². The fourth-order valence-electron chi connectivity index (χ4n) is 4.57. The van der Waals surface area contributed by atoms with Crippen LogP contribution in [0.3, 0.4) is 0 Å². The highest BCUT2D eigenvalue weighted by atomic mass is 32.2. The van der Waals surface area contributed by atoms with Crippen LogP contribution >= 0.6 is 8.22 Å². The van der Waals surface area contributed by atoms with Gasteiger partial charge in [-0.2, -0.15) is 5.10 Å². The topological polar surface area (TPSA) is 69.3 Å². The SMILES string of the molecule is Cc1ccc(S(=O)(=O)c2[nH]nc(P(N(C(C)C)C(C)C)N(C(C)C)C(C)C)c2[Si](C)(C)C)cc1. The molecule has 0 aliphatic carbocycles. The zero-order valence-corrected chi connectivity index (χ0v) is 25.8. The molecule has 0 saturated heterocycles. The summed E-state index contributed by atoms with van der Waals surface area (Å²) < 4.78 is 32.8. The molecule has 0 saturated carbocycles. The van der Waals surface area contributed by atoms with E-state index in [0.717, 1.165) is 16.2 Å². The molecule has 6 nitrogen and oxygen atoms in total. The van der Waals surface area contributed by atoms with E-state index in [4.69, 9.17) is 5.10 Å². The van der Waals surface area contributed by atoms with E-state index in [1.807, 2.05) is 19.1 Å². The van der Waals surface area contributed by atoms with E-state index >= 15 is 0 Å². The largest absolute Gasteiger partial charge is 0.266 e. The number of H-pyrrole nitrogens is 1. The number of aryl methyl sites for hydroxylation is 1. The van der Waals surface area contributed by atoms with Gasteiger partial charge in [0.15, 0.2) is 5.03 Å². The van der Waals surface area contributed by atoms with Gasteiger partial charge in [0, 0.05) is 29.4 Å². The van der Waals surface area contributed by atoms with Crippen molar-refractivity contribution < 1.29 is 8.42 Å². The van der Waals surface area contributed by atoms with Crippen LogP contribution in [-0.2, 0) is 9.84 Å². The Balaban J connectivity index is 2.90. The Morgan fingerprint density at radius 1 is 0.824 bits per heavy atom. The second-order valence-corrected chi connectivity index (χ2v) is 20.1. The molecule has 0 fully saturated rings. The Morgan fingerprint density at radius 2 is 1.24 bits per heavy atom. The second-order valence-electron chi connectivity index (χ2n) is 11.2.